The fraction of sp³-hybridized carbons (Fsp3) is 0.286. The molecule has 26 heavy (non-hydrogen) atoms. The van der Waals surface area contributed by atoms with Crippen LogP contribution in [0.1, 0.15) is 23.5 Å². The second-order valence-corrected chi connectivity index (χ2v) is 6.64. The second-order valence-electron chi connectivity index (χ2n) is 6.64. The van der Waals surface area contributed by atoms with Crippen molar-refractivity contribution in [2.24, 2.45) is 0 Å². The molecule has 0 aliphatic carbocycles. The molecule has 0 bridgehead atoms. The first-order valence-corrected chi connectivity index (χ1v) is 8.70. The molecule has 4 rings (SSSR count). The third kappa shape index (κ3) is 3.06. The molecule has 0 spiro atoms. The van der Waals surface area contributed by atoms with Crippen LogP contribution >= 0.6 is 0 Å². The second kappa shape index (κ2) is 6.84. The minimum atomic E-state index is -0.955. The SMILES string of the molecule is COc1ccc(CN2CC3=C(O[C@H](O)C[C@H]3c3ccccc3)C2=O)cc1. The summed E-state index contributed by atoms with van der Waals surface area (Å²) in [4.78, 5) is 14.6. The van der Waals surface area contributed by atoms with Crippen LogP contribution in [0.25, 0.3) is 0 Å². The molecule has 0 unspecified atom stereocenters. The molecule has 2 aliphatic heterocycles. The highest BCUT2D eigenvalue weighted by Crippen LogP contribution is 2.40. The fourth-order valence-corrected chi connectivity index (χ4v) is 3.65. The van der Waals surface area contributed by atoms with E-state index in [-0.39, 0.29) is 11.8 Å². The Morgan fingerprint density at radius 3 is 2.58 bits per heavy atom. The van der Waals surface area contributed by atoms with Gasteiger partial charge < -0.3 is 19.5 Å². The summed E-state index contributed by atoms with van der Waals surface area (Å²) in [5, 5.41) is 10.1. The molecule has 2 atom stereocenters. The Morgan fingerprint density at radius 2 is 1.88 bits per heavy atom. The minimum Gasteiger partial charge on any atom is -0.497 e. The number of hydrogen-bond acceptors (Lipinski definition) is 4. The Labute approximate surface area is 152 Å². The van der Waals surface area contributed by atoms with Crippen molar-refractivity contribution in [3.63, 3.8) is 0 Å². The number of aliphatic hydroxyl groups excluding tert-OH is 1. The Bertz CT molecular complexity index is 829. The predicted molar refractivity (Wildman–Crippen MR) is 96.3 cm³/mol. The van der Waals surface area contributed by atoms with Gasteiger partial charge in [0.2, 0.25) is 0 Å². The van der Waals surface area contributed by atoms with Gasteiger partial charge in [0.05, 0.1) is 7.11 Å². The maximum absolute atomic E-state index is 12.8. The normalized spacial score (nSPS) is 22.2. The van der Waals surface area contributed by atoms with E-state index in [9.17, 15) is 9.90 Å². The molecule has 0 saturated heterocycles. The van der Waals surface area contributed by atoms with Crippen molar-refractivity contribution in [2.75, 3.05) is 13.7 Å². The number of aliphatic hydroxyl groups is 1. The van der Waals surface area contributed by atoms with Gasteiger partial charge in [0.1, 0.15) is 5.75 Å². The van der Waals surface area contributed by atoms with E-state index in [0.29, 0.717) is 25.3 Å². The Hall–Kier alpha value is -2.79. The van der Waals surface area contributed by atoms with Crippen molar-refractivity contribution in [1.82, 2.24) is 4.90 Å². The van der Waals surface area contributed by atoms with Crippen LogP contribution in [-0.2, 0) is 16.1 Å². The van der Waals surface area contributed by atoms with Gasteiger partial charge >= 0.3 is 0 Å². The van der Waals surface area contributed by atoms with Crippen molar-refractivity contribution in [3.05, 3.63) is 77.1 Å². The van der Waals surface area contributed by atoms with Crippen LogP contribution in [-0.4, -0.2) is 35.9 Å². The smallest absolute Gasteiger partial charge is 0.289 e. The molecule has 1 amide bonds. The van der Waals surface area contributed by atoms with Gasteiger partial charge in [-0.25, -0.2) is 0 Å². The van der Waals surface area contributed by atoms with E-state index in [0.717, 1.165) is 22.4 Å². The standard InChI is InChI=1S/C21H21NO4/c1-25-16-9-7-14(8-10-16)12-22-13-18-17(15-5-3-2-4-6-15)11-19(23)26-20(18)21(22)24/h2-10,17,19,23H,11-13H2,1H3/t17-,19-/m0/s1. The first-order chi connectivity index (χ1) is 12.7. The summed E-state index contributed by atoms with van der Waals surface area (Å²) in [5.74, 6) is 0.941. The van der Waals surface area contributed by atoms with E-state index in [1.165, 1.54) is 0 Å². The number of nitrogens with zero attached hydrogens (tertiary/aromatic N) is 1. The molecule has 0 radical (unpaired) electrons. The Kier molecular flexibility index (Phi) is 4.39. The maximum Gasteiger partial charge on any atom is 0.289 e. The molecule has 134 valence electrons. The predicted octanol–water partition coefficient (Wildman–Crippen LogP) is 2.81. The summed E-state index contributed by atoms with van der Waals surface area (Å²) in [6.07, 6.45) is -0.490. The number of methoxy groups -OCH3 is 1. The molecule has 2 aromatic carbocycles. The number of carbonyl (C=O) groups is 1. The van der Waals surface area contributed by atoms with Gasteiger partial charge in [-0.15, -0.1) is 0 Å². The zero-order valence-electron chi connectivity index (χ0n) is 14.6. The lowest BCUT2D eigenvalue weighted by molar-refractivity contribution is -0.137. The monoisotopic (exact) mass is 351 g/mol. The largest absolute Gasteiger partial charge is 0.497 e. The van der Waals surface area contributed by atoms with E-state index < -0.39 is 6.29 Å². The summed E-state index contributed by atoms with van der Waals surface area (Å²) in [7, 11) is 1.63. The highest BCUT2D eigenvalue weighted by Gasteiger charge is 2.41. The number of amides is 1. The van der Waals surface area contributed by atoms with Crippen molar-refractivity contribution in [1.29, 1.82) is 0 Å². The summed E-state index contributed by atoms with van der Waals surface area (Å²) in [5.41, 5.74) is 3.08. The molecule has 0 aromatic heterocycles. The first-order valence-electron chi connectivity index (χ1n) is 8.70. The van der Waals surface area contributed by atoms with Gasteiger partial charge in [0.25, 0.3) is 5.91 Å². The van der Waals surface area contributed by atoms with Crippen LogP contribution in [0.5, 0.6) is 5.75 Å². The van der Waals surface area contributed by atoms with Crippen molar-refractivity contribution < 1.29 is 19.4 Å². The lowest BCUT2D eigenvalue weighted by Gasteiger charge is -2.27. The number of benzene rings is 2. The number of ether oxygens (including phenoxy) is 2. The van der Waals surface area contributed by atoms with Crippen LogP contribution in [0.3, 0.4) is 0 Å². The van der Waals surface area contributed by atoms with Gasteiger partial charge in [-0.2, -0.15) is 0 Å². The lowest BCUT2D eigenvalue weighted by Crippen LogP contribution is -2.28. The fourth-order valence-electron chi connectivity index (χ4n) is 3.65. The highest BCUT2D eigenvalue weighted by atomic mass is 16.6. The van der Waals surface area contributed by atoms with Crippen LogP contribution < -0.4 is 4.74 Å². The van der Waals surface area contributed by atoms with Crippen molar-refractivity contribution in [2.45, 2.75) is 25.2 Å². The highest BCUT2D eigenvalue weighted by molar-refractivity contribution is 5.95. The van der Waals surface area contributed by atoms with E-state index in [4.69, 9.17) is 9.47 Å². The van der Waals surface area contributed by atoms with Gasteiger partial charge in [-0.05, 0) is 23.3 Å². The summed E-state index contributed by atoms with van der Waals surface area (Å²) >= 11 is 0. The Morgan fingerprint density at radius 1 is 1.15 bits per heavy atom. The van der Waals surface area contributed by atoms with E-state index in [1.807, 2.05) is 54.6 Å². The zero-order chi connectivity index (χ0) is 18.1. The maximum atomic E-state index is 12.8. The molecular weight excluding hydrogens is 330 g/mol. The molecule has 2 aromatic rings. The van der Waals surface area contributed by atoms with Crippen LogP contribution in [0.2, 0.25) is 0 Å². The van der Waals surface area contributed by atoms with E-state index in [2.05, 4.69) is 0 Å². The van der Waals surface area contributed by atoms with Gasteiger partial charge in [-0.3, -0.25) is 4.79 Å². The van der Waals surface area contributed by atoms with Crippen LogP contribution in [0.4, 0.5) is 0 Å². The molecular formula is C21H21NO4. The van der Waals surface area contributed by atoms with Crippen molar-refractivity contribution in [3.8, 4) is 5.75 Å². The summed E-state index contributed by atoms with van der Waals surface area (Å²) in [6.45, 7) is 1.02. The lowest BCUT2D eigenvalue weighted by atomic mass is 9.86. The summed E-state index contributed by atoms with van der Waals surface area (Å²) < 4.78 is 10.7. The average Bonchev–Trinajstić information content (AvgIpc) is 2.98. The van der Waals surface area contributed by atoms with E-state index >= 15 is 0 Å². The Balaban J connectivity index is 1.57. The molecule has 5 nitrogen and oxygen atoms in total. The zero-order valence-corrected chi connectivity index (χ0v) is 14.6. The molecule has 2 aliphatic rings. The van der Waals surface area contributed by atoms with Gasteiger partial charge in [0.15, 0.2) is 12.0 Å². The van der Waals surface area contributed by atoms with E-state index in [1.54, 1.807) is 12.0 Å². The third-order valence-electron chi connectivity index (χ3n) is 4.98. The molecule has 1 N–H and O–H groups in total. The molecule has 2 heterocycles. The van der Waals surface area contributed by atoms with Crippen molar-refractivity contribution >= 4 is 5.91 Å². The van der Waals surface area contributed by atoms with Crippen LogP contribution in [0, 0.1) is 0 Å². The van der Waals surface area contributed by atoms with Crippen LogP contribution in [0.15, 0.2) is 65.9 Å². The number of carbonyl (C=O) groups excluding carboxylic acids is 1. The first kappa shape index (κ1) is 16.7. The number of hydrogen-bond donors (Lipinski definition) is 1. The van der Waals surface area contributed by atoms with Gasteiger partial charge in [-0.1, -0.05) is 42.5 Å². The van der Waals surface area contributed by atoms with Gasteiger partial charge in [0, 0.05) is 31.0 Å². The number of rotatable bonds is 4. The minimum absolute atomic E-state index is 0.000215. The quantitative estimate of drug-likeness (QED) is 0.920. The molecule has 0 fully saturated rings. The topological polar surface area (TPSA) is 59.0 Å². The summed E-state index contributed by atoms with van der Waals surface area (Å²) in [6, 6.07) is 17.7. The third-order valence-corrected chi connectivity index (χ3v) is 4.98. The molecule has 0 saturated carbocycles. The average molecular weight is 351 g/mol. The molecule has 5 heteroatoms.